The summed E-state index contributed by atoms with van der Waals surface area (Å²) in [4.78, 5) is 34.6. The highest BCUT2D eigenvalue weighted by atomic mass is 32.1. The molecule has 4 aromatic rings. The average molecular weight is 500 g/mol. The minimum Gasteiger partial charge on any atom is -0.461 e. The number of carbonyl (C=O) groups excluding carboxylic acids is 2. The molecule has 2 aromatic heterocycles. The Morgan fingerprint density at radius 3 is 2.75 bits per heavy atom. The summed E-state index contributed by atoms with van der Waals surface area (Å²) < 4.78 is 5.81. The molecule has 0 radical (unpaired) electrons. The third-order valence-electron chi connectivity index (χ3n) is 7.69. The first kappa shape index (κ1) is 23.0. The molecule has 6 nitrogen and oxygen atoms in total. The molecule has 0 spiro atoms. The fourth-order valence-electron chi connectivity index (χ4n) is 5.66. The third kappa shape index (κ3) is 3.82. The van der Waals surface area contributed by atoms with Crippen molar-refractivity contribution in [2.75, 3.05) is 13.1 Å². The largest absolute Gasteiger partial charge is 0.461 e. The second-order valence-electron chi connectivity index (χ2n) is 10.1. The Hall–Kier alpha value is -3.45. The van der Waals surface area contributed by atoms with Crippen LogP contribution in [0.25, 0.3) is 21.4 Å². The molecule has 1 saturated carbocycles. The van der Waals surface area contributed by atoms with E-state index < -0.39 is 0 Å². The maximum Gasteiger partial charge on any atom is 0.274 e. The van der Waals surface area contributed by atoms with Crippen molar-refractivity contribution >= 4 is 34.1 Å². The minimum atomic E-state index is -0.133. The number of benzene rings is 2. The van der Waals surface area contributed by atoms with Gasteiger partial charge in [-0.2, -0.15) is 0 Å². The number of furan rings is 1. The second kappa shape index (κ2) is 8.59. The number of carbonyl (C=O) groups is 2. The first-order valence-corrected chi connectivity index (χ1v) is 13.3. The average Bonchev–Trinajstić information content (AvgIpc) is 3.21. The molecule has 184 valence electrons. The molecule has 1 N–H and O–H groups in total. The van der Waals surface area contributed by atoms with Crippen LogP contribution in [0.1, 0.15) is 49.2 Å². The lowest BCUT2D eigenvalue weighted by Crippen LogP contribution is -2.45. The Kier molecular flexibility index (Phi) is 5.48. The van der Waals surface area contributed by atoms with Gasteiger partial charge in [0.2, 0.25) is 0 Å². The molecule has 7 heteroatoms. The molecule has 3 atom stereocenters. The van der Waals surface area contributed by atoms with Crippen molar-refractivity contribution in [1.82, 2.24) is 15.2 Å². The van der Waals surface area contributed by atoms with E-state index in [9.17, 15) is 9.59 Å². The molecule has 2 fully saturated rings. The molecular formula is C29H29N3O3S. The number of fused-ring (bicyclic) bond motifs is 2. The van der Waals surface area contributed by atoms with Crippen LogP contribution in [0.2, 0.25) is 0 Å². The summed E-state index contributed by atoms with van der Waals surface area (Å²) in [6, 6.07) is 13.8. The van der Waals surface area contributed by atoms with Gasteiger partial charge in [-0.15, -0.1) is 11.3 Å². The number of aryl methyl sites for hydroxylation is 4. The number of piperidine rings is 1. The highest BCUT2D eigenvalue weighted by molar-refractivity contribution is 7.15. The number of likely N-dealkylation sites (tertiary alicyclic amines) is 1. The smallest absolute Gasteiger partial charge is 0.274 e. The quantitative estimate of drug-likeness (QED) is 0.383. The van der Waals surface area contributed by atoms with Gasteiger partial charge in [-0.05, 0) is 69.2 Å². The van der Waals surface area contributed by atoms with Gasteiger partial charge < -0.3 is 14.6 Å². The van der Waals surface area contributed by atoms with Crippen LogP contribution in [-0.4, -0.2) is 40.8 Å². The second-order valence-corrected chi connectivity index (χ2v) is 11.3. The van der Waals surface area contributed by atoms with Gasteiger partial charge in [0, 0.05) is 18.5 Å². The molecule has 1 saturated heterocycles. The lowest BCUT2D eigenvalue weighted by atomic mass is 10.0. The monoisotopic (exact) mass is 499 g/mol. The van der Waals surface area contributed by atoms with E-state index in [-0.39, 0.29) is 17.9 Å². The molecule has 2 amide bonds. The summed E-state index contributed by atoms with van der Waals surface area (Å²) in [6.45, 7) is 9.05. The summed E-state index contributed by atoms with van der Waals surface area (Å²) in [7, 11) is 0. The van der Waals surface area contributed by atoms with E-state index >= 15 is 0 Å². The van der Waals surface area contributed by atoms with Crippen molar-refractivity contribution in [2.45, 2.75) is 40.2 Å². The molecule has 2 aliphatic rings. The number of nitrogens with one attached hydrogen (secondary N) is 1. The Morgan fingerprint density at radius 1 is 1.14 bits per heavy atom. The van der Waals surface area contributed by atoms with Crippen LogP contribution in [0.4, 0.5) is 0 Å². The van der Waals surface area contributed by atoms with E-state index in [0.717, 1.165) is 56.3 Å². The van der Waals surface area contributed by atoms with Crippen LogP contribution in [0.3, 0.4) is 0 Å². The van der Waals surface area contributed by atoms with Crippen LogP contribution in [0, 0.1) is 39.5 Å². The summed E-state index contributed by atoms with van der Waals surface area (Å²) in [5.41, 5.74) is 5.02. The van der Waals surface area contributed by atoms with Gasteiger partial charge >= 0.3 is 0 Å². The molecule has 1 aliphatic heterocycles. The van der Waals surface area contributed by atoms with Crippen LogP contribution >= 0.6 is 11.3 Å². The molecule has 2 aromatic carbocycles. The summed E-state index contributed by atoms with van der Waals surface area (Å²) in [5, 5.41) is 4.87. The van der Waals surface area contributed by atoms with Crippen LogP contribution in [0.15, 0.2) is 46.9 Å². The van der Waals surface area contributed by atoms with Crippen LogP contribution < -0.4 is 5.32 Å². The highest BCUT2D eigenvalue weighted by Gasteiger charge is 2.54. The van der Waals surface area contributed by atoms with Crippen LogP contribution in [-0.2, 0) is 0 Å². The van der Waals surface area contributed by atoms with Gasteiger partial charge in [0.05, 0.1) is 21.5 Å². The maximum atomic E-state index is 13.8. The first-order chi connectivity index (χ1) is 17.3. The molecule has 1 aliphatic carbocycles. The predicted molar refractivity (Wildman–Crippen MR) is 141 cm³/mol. The SMILES string of the molecule is Cc1cccc(-c2sc(C)nc2C(=O)N2C[C@H]3C[C@H]3[C@H]2CNC(=O)c2cccc3oc(C)c(C)c23)c1. The summed E-state index contributed by atoms with van der Waals surface area (Å²) in [5.74, 6) is 1.60. The van der Waals surface area contributed by atoms with Crippen molar-refractivity contribution < 1.29 is 14.0 Å². The molecule has 36 heavy (non-hydrogen) atoms. The fraction of sp³-hybridized carbons (Fsp3) is 0.345. The molecule has 6 rings (SSSR count). The van der Waals surface area contributed by atoms with Gasteiger partial charge in [0.15, 0.2) is 0 Å². The Labute approximate surface area is 214 Å². The van der Waals surface area contributed by atoms with E-state index in [1.54, 1.807) is 11.3 Å². The number of hydrogen-bond donors (Lipinski definition) is 1. The van der Waals surface area contributed by atoms with E-state index in [0.29, 0.717) is 29.6 Å². The molecular weight excluding hydrogens is 470 g/mol. The number of hydrogen-bond acceptors (Lipinski definition) is 5. The maximum absolute atomic E-state index is 13.8. The zero-order valence-corrected chi connectivity index (χ0v) is 21.7. The fourth-order valence-corrected chi connectivity index (χ4v) is 6.57. The van der Waals surface area contributed by atoms with Gasteiger partial charge in [0.25, 0.3) is 11.8 Å². The third-order valence-corrected chi connectivity index (χ3v) is 8.71. The van der Waals surface area contributed by atoms with E-state index in [1.807, 2.05) is 56.0 Å². The standard InChI is InChI=1S/C29H29N3O3S/c1-15-7-5-8-19(11-15)27-26(31-18(4)36-27)29(34)32-14-20-12-22(20)23(32)13-30-28(33)21-9-6-10-24-25(21)16(2)17(3)35-24/h5-11,20,22-23H,12-14H2,1-4H3,(H,30,33)/t20-,22-,23-/m1/s1. The van der Waals surface area contributed by atoms with Gasteiger partial charge in [-0.3, -0.25) is 9.59 Å². The van der Waals surface area contributed by atoms with E-state index in [2.05, 4.69) is 29.4 Å². The number of amides is 2. The highest BCUT2D eigenvalue weighted by Crippen LogP contribution is 2.50. The van der Waals surface area contributed by atoms with Crippen molar-refractivity contribution in [3.8, 4) is 10.4 Å². The number of thiazole rings is 1. The number of rotatable bonds is 5. The Bertz CT molecular complexity index is 1520. The Morgan fingerprint density at radius 2 is 1.94 bits per heavy atom. The zero-order valence-electron chi connectivity index (χ0n) is 20.9. The van der Waals surface area contributed by atoms with E-state index in [4.69, 9.17) is 4.42 Å². The van der Waals surface area contributed by atoms with E-state index in [1.165, 1.54) is 0 Å². The summed E-state index contributed by atoms with van der Waals surface area (Å²) >= 11 is 1.56. The normalized spacial score (nSPS) is 20.6. The zero-order chi connectivity index (χ0) is 25.1. The van der Waals surface area contributed by atoms with Gasteiger partial charge in [0.1, 0.15) is 17.0 Å². The van der Waals surface area contributed by atoms with Crippen molar-refractivity contribution in [2.24, 2.45) is 11.8 Å². The topological polar surface area (TPSA) is 75.4 Å². The number of nitrogens with zero attached hydrogens (tertiary/aromatic N) is 2. The van der Waals surface area contributed by atoms with Gasteiger partial charge in [-0.1, -0.05) is 35.9 Å². The predicted octanol–water partition coefficient (Wildman–Crippen LogP) is 5.68. The van der Waals surface area contributed by atoms with Gasteiger partial charge in [-0.25, -0.2) is 4.98 Å². The minimum absolute atomic E-state index is 0.0230. The van der Waals surface area contributed by atoms with Crippen molar-refractivity contribution in [1.29, 1.82) is 0 Å². The summed E-state index contributed by atoms with van der Waals surface area (Å²) in [6.07, 6.45) is 1.11. The lowest BCUT2D eigenvalue weighted by molar-refractivity contribution is 0.0690. The molecule has 0 unspecified atom stereocenters. The lowest BCUT2D eigenvalue weighted by Gasteiger charge is -2.27. The van der Waals surface area contributed by atoms with Crippen molar-refractivity contribution in [3.63, 3.8) is 0 Å². The molecule has 3 heterocycles. The Balaban J connectivity index is 1.24. The molecule has 0 bridgehead atoms. The van der Waals surface area contributed by atoms with Crippen molar-refractivity contribution in [3.05, 3.63) is 75.6 Å². The van der Waals surface area contributed by atoms with Crippen LogP contribution in [0.5, 0.6) is 0 Å². The first-order valence-electron chi connectivity index (χ1n) is 12.4. The number of aromatic nitrogens is 1.